The van der Waals surface area contributed by atoms with Crippen LogP contribution in [0.15, 0.2) is 22.7 Å². The Balaban J connectivity index is 1.87. The number of hydrogen-bond donors (Lipinski definition) is 1. The Morgan fingerprint density at radius 1 is 1.21 bits per heavy atom. The van der Waals surface area contributed by atoms with Gasteiger partial charge in [0.1, 0.15) is 5.82 Å². The number of anilines is 1. The molecule has 1 aliphatic rings. The average Bonchev–Trinajstić information content (AvgIpc) is 2.89. The van der Waals surface area contributed by atoms with Crippen LogP contribution in [0.5, 0.6) is 0 Å². The van der Waals surface area contributed by atoms with Gasteiger partial charge in [0.05, 0.1) is 5.56 Å². The van der Waals surface area contributed by atoms with Crippen LogP contribution in [0.4, 0.5) is 10.1 Å². The van der Waals surface area contributed by atoms with E-state index in [9.17, 15) is 4.39 Å². The summed E-state index contributed by atoms with van der Waals surface area (Å²) in [5, 5.41) is 4.04. The predicted octanol–water partition coefficient (Wildman–Crippen LogP) is 3.51. The molecule has 5 heteroatoms. The van der Waals surface area contributed by atoms with E-state index in [0.717, 1.165) is 18.7 Å². The monoisotopic (exact) mass is 261 g/mol. The lowest BCUT2D eigenvalue weighted by molar-refractivity contribution is 0.385. The molecule has 2 aromatic rings. The molecule has 3 rings (SSSR count). The first-order chi connectivity index (χ1) is 9.24. The highest BCUT2D eigenvalue weighted by Crippen LogP contribution is 2.33. The highest BCUT2D eigenvalue weighted by Gasteiger charge is 2.21. The zero-order valence-corrected chi connectivity index (χ0v) is 10.6. The summed E-state index contributed by atoms with van der Waals surface area (Å²) in [6.07, 6.45) is 5.93. The van der Waals surface area contributed by atoms with Gasteiger partial charge in [0, 0.05) is 11.6 Å². The smallest absolute Gasteiger partial charge is 0.260 e. The average molecular weight is 261 g/mol. The summed E-state index contributed by atoms with van der Waals surface area (Å²) in [7, 11) is 0. The largest absolute Gasteiger partial charge is 0.398 e. The van der Waals surface area contributed by atoms with Crippen molar-refractivity contribution < 1.29 is 8.91 Å². The zero-order chi connectivity index (χ0) is 13.2. The molecule has 19 heavy (non-hydrogen) atoms. The van der Waals surface area contributed by atoms with Gasteiger partial charge in [-0.25, -0.2) is 4.39 Å². The normalized spacial score (nSPS) is 16.7. The van der Waals surface area contributed by atoms with Gasteiger partial charge in [-0.2, -0.15) is 4.98 Å². The Morgan fingerprint density at radius 3 is 2.74 bits per heavy atom. The minimum Gasteiger partial charge on any atom is -0.398 e. The molecule has 1 saturated carbocycles. The number of rotatable bonds is 2. The number of benzene rings is 1. The van der Waals surface area contributed by atoms with Crippen LogP contribution in [-0.4, -0.2) is 10.1 Å². The van der Waals surface area contributed by atoms with E-state index >= 15 is 0 Å². The van der Waals surface area contributed by atoms with Gasteiger partial charge in [0.2, 0.25) is 0 Å². The maximum absolute atomic E-state index is 13.0. The van der Waals surface area contributed by atoms with Gasteiger partial charge in [-0.05, 0) is 31.0 Å². The first-order valence-electron chi connectivity index (χ1n) is 6.63. The van der Waals surface area contributed by atoms with Crippen LogP contribution >= 0.6 is 0 Å². The summed E-state index contributed by atoms with van der Waals surface area (Å²) >= 11 is 0. The molecule has 1 aromatic carbocycles. The van der Waals surface area contributed by atoms with Crippen molar-refractivity contribution in [2.45, 2.75) is 38.0 Å². The Labute approximate surface area is 110 Å². The van der Waals surface area contributed by atoms with Crippen LogP contribution in [0, 0.1) is 5.82 Å². The summed E-state index contributed by atoms with van der Waals surface area (Å²) < 4.78 is 18.3. The lowest BCUT2D eigenvalue weighted by Gasteiger charge is -2.17. The summed E-state index contributed by atoms with van der Waals surface area (Å²) in [5.74, 6) is 1.14. The third kappa shape index (κ3) is 2.45. The van der Waals surface area contributed by atoms with Crippen molar-refractivity contribution in [2.75, 3.05) is 5.73 Å². The van der Waals surface area contributed by atoms with Gasteiger partial charge in [-0.3, -0.25) is 0 Å². The van der Waals surface area contributed by atoms with Crippen LogP contribution in [-0.2, 0) is 0 Å². The number of nitrogen functional groups attached to an aromatic ring is 1. The predicted molar refractivity (Wildman–Crippen MR) is 69.9 cm³/mol. The molecule has 0 bridgehead atoms. The van der Waals surface area contributed by atoms with Crippen molar-refractivity contribution in [3.05, 3.63) is 29.8 Å². The van der Waals surface area contributed by atoms with Gasteiger partial charge in [0.15, 0.2) is 5.82 Å². The van der Waals surface area contributed by atoms with E-state index < -0.39 is 0 Å². The van der Waals surface area contributed by atoms with Crippen LogP contribution in [0.3, 0.4) is 0 Å². The third-order valence-corrected chi connectivity index (χ3v) is 3.66. The number of halogens is 1. The summed E-state index contributed by atoms with van der Waals surface area (Å²) in [5.41, 5.74) is 6.69. The van der Waals surface area contributed by atoms with Crippen LogP contribution in [0.2, 0.25) is 0 Å². The lowest BCUT2D eigenvalue weighted by atomic mass is 9.89. The fourth-order valence-corrected chi connectivity index (χ4v) is 2.60. The maximum Gasteiger partial charge on any atom is 0.260 e. The lowest BCUT2D eigenvalue weighted by Crippen LogP contribution is -2.06. The summed E-state index contributed by atoms with van der Waals surface area (Å²) in [4.78, 5) is 4.41. The van der Waals surface area contributed by atoms with E-state index in [1.165, 1.54) is 31.4 Å². The molecule has 0 spiro atoms. The van der Waals surface area contributed by atoms with E-state index in [1.807, 2.05) is 0 Å². The first-order valence-corrected chi connectivity index (χ1v) is 6.63. The van der Waals surface area contributed by atoms with Gasteiger partial charge in [-0.1, -0.05) is 24.4 Å². The maximum atomic E-state index is 13.0. The van der Waals surface area contributed by atoms with E-state index in [-0.39, 0.29) is 5.82 Å². The molecule has 0 atom stereocenters. The number of aromatic nitrogens is 2. The van der Waals surface area contributed by atoms with E-state index in [2.05, 4.69) is 10.1 Å². The van der Waals surface area contributed by atoms with Crippen LogP contribution in [0.1, 0.15) is 43.8 Å². The molecule has 4 nitrogen and oxygen atoms in total. The van der Waals surface area contributed by atoms with Crippen molar-refractivity contribution in [3.8, 4) is 11.5 Å². The van der Waals surface area contributed by atoms with Crippen molar-refractivity contribution in [2.24, 2.45) is 0 Å². The van der Waals surface area contributed by atoms with Gasteiger partial charge >= 0.3 is 0 Å². The second-order valence-electron chi connectivity index (χ2n) is 5.02. The van der Waals surface area contributed by atoms with Crippen LogP contribution in [0.25, 0.3) is 11.5 Å². The minimum absolute atomic E-state index is 0.318. The van der Waals surface area contributed by atoms with Gasteiger partial charge in [0.25, 0.3) is 5.89 Å². The Kier molecular flexibility index (Phi) is 3.19. The molecule has 1 fully saturated rings. The standard InChI is InChI=1S/C14H16FN3O/c15-10-6-7-11(12(16)8-10)14-17-13(18-19-14)9-4-2-1-3-5-9/h6-9H,1-5,16H2. The van der Waals surface area contributed by atoms with Crippen molar-refractivity contribution in [1.82, 2.24) is 10.1 Å². The second kappa shape index (κ2) is 4.99. The minimum atomic E-state index is -0.367. The first kappa shape index (κ1) is 12.1. The van der Waals surface area contributed by atoms with Gasteiger partial charge in [-0.15, -0.1) is 0 Å². The Bertz CT molecular complexity index is 576. The molecule has 1 aromatic heterocycles. The zero-order valence-electron chi connectivity index (χ0n) is 10.6. The fraction of sp³-hybridized carbons (Fsp3) is 0.429. The summed E-state index contributed by atoms with van der Waals surface area (Å²) in [6, 6.07) is 4.18. The molecule has 0 saturated heterocycles. The van der Waals surface area contributed by atoms with E-state index in [1.54, 1.807) is 6.07 Å². The SMILES string of the molecule is Nc1cc(F)ccc1-c1nc(C2CCCCC2)no1. The van der Waals surface area contributed by atoms with E-state index in [4.69, 9.17) is 10.3 Å². The molecule has 1 heterocycles. The highest BCUT2D eigenvalue weighted by atomic mass is 19.1. The van der Waals surface area contributed by atoms with Crippen molar-refractivity contribution >= 4 is 5.69 Å². The molecule has 0 radical (unpaired) electrons. The van der Waals surface area contributed by atoms with Crippen LogP contribution < -0.4 is 5.73 Å². The number of nitrogens with two attached hydrogens (primary N) is 1. The second-order valence-corrected chi connectivity index (χ2v) is 5.02. The van der Waals surface area contributed by atoms with Crippen molar-refractivity contribution in [3.63, 3.8) is 0 Å². The molecule has 100 valence electrons. The molecule has 2 N–H and O–H groups in total. The topological polar surface area (TPSA) is 64.9 Å². The number of hydrogen-bond acceptors (Lipinski definition) is 4. The quantitative estimate of drug-likeness (QED) is 0.840. The third-order valence-electron chi connectivity index (χ3n) is 3.66. The molecule has 0 aliphatic heterocycles. The number of nitrogens with zero attached hydrogens (tertiary/aromatic N) is 2. The van der Waals surface area contributed by atoms with E-state index in [0.29, 0.717) is 23.1 Å². The van der Waals surface area contributed by atoms with Gasteiger partial charge < -0.3 is 10.3 Å². The fourth-order valence-electron chi connectivity index (χ4n) is 2.60. The van der Waals surface area contributed by atoms with Crippen molar-refractivity contribution in [1.29, 1.82) is 0 Å². The Hall–Kier alpha value is -1.91. The molecular formula is C14H16FN3O. The molecule has 0 amide bonds. The molecular weight excluding hydrogens is 245 g/mol. The summed E-state index contributed by atoms with van der Waals surface area (Å²) in [6.45, 7) is 0. The Morgan fingerprint density at radius 2 is 2.00 bits per heavy atom. The molecule has 0 unspecified atom stereocenters. The highest BCUT2D eigenvalue weighted by molar-refractivity contribution is 5.70. The molecule has 1 aliphatic carbocycles.